The molecule has 0 aliphatic heterocycles. The zero-order valence-corrected chi connectivity index (χ0v) is 13.1. The Bertz CT molecular complexity index is 480. The summed E-state index contributed by atoms with van der Waals surface area (Å²) in [4.78, 5) is 23.9. The Kier molecular flexibility index (Phi) is 5.90. The first-order valence-corrected chi connectivity index (χ1v) is 7.11. The van der Waals surface area contributed by atoms with Crippen LogP contribution in [0.25, 0.3) is 0 Å². The van der Waals surface area contributed by atoms with Crippen LogP contribution in [-0.4, -0.2) is 29.4 Å². The highest BCUT2D eigenvalue weighted by molar-refractivity contribution is 5.89. The molecule has 5 nitrogen and oxygen atoms in total. The monoisotopic (exact) mass is 291 g/mol. The van der Waals surface area contributed by atoms with Gasteiger partial charge in [-0.3, -0.25) is 9.59 Å². The summed E-state index contributed by atoms with van der Waals surface area (Å²) in [5.41, 5.74) is 6.54. The predicted molar refractivity (Wildman–Crippen MR) is 83.6 cm³/mol. The van der Waals surface area contributed by atoms with Gasteiger partial charge in [0.25, 0.3) is 0 Å². The average molecular weight is 291 g/mol. The molecule has 0 aliphatic carbocycles. The van der Waals surface area contributed by atoms with Crippen LogP contribution in [0.4, 0.5) is 0 Å². The fourth-order valence-corrected chi connectivity index (χ4v) is 1.82. The van der Waals surface area contributed by atoms with E-state index < -0.39 is 12.1 Å². The minimum atomic E-state index is -0.669. The topological polar surface area (TPSA) is 84.2 Å². The summed E-state index contributed by atoms with van der Waals surface area (Å²) >= 11 is 0. The minimum absolute atomic E-state index is 0.220. The quantitative estimate of drug-likeness (QED) is 0.756. The van der Waals surface area contributed by atoms with Crippen LogP contribution < -0.4 is 16.4 Å². The normalized spacial score (nSPS) is 14.1. The molecule has 0 saturated heterocycles. The number of nitrogens with one attached hydrogen (secondary N) is 2. The van der Waals surface area contributed by atoms with Gasteiger partial charge in [-0.1, -0.05) is 30.3 Å². The number of hydrogen-bond acceptors (Lipinski definition) is 3. The van der Waals surface area contributed by atoms with E-state index in [4.69, 9.17) is 5.73 Å². The molecule has 1 aromatic rings. The Labute approximate surface area is 126 Å². The molecule has 1 unspecified atom stereocenters. The third-order valence-electron chi connectivity index (χ3n) is 2.89. The first kappa shape index (κ1) is 17.2. The Morgan fingerprint density at radius 1 is 1.14 bits per heavy atom. The maximum atomic E-state index is 12.0. The summed E-state index contributed by atoms with van der Waals surface area (Å²) in [5, 5.41) is 5.46. The molecule has 1 rings (SSSR count). The van der Waals surface area contributed by atoms with Crippen molar-refractivity contribution in [3.05, 3.63) is 35.9 Å². The van der Waals surface area contributed by atoms with E-state index in [2.05, 4.69) is 10.6 Å². The second-order valence-corrected chi connectivity index (χ2v) is 6.27. The van der Waals surface area contributed by atoms with Gasteiger partial charge in [0, 0.05) is 5.54 Å². The third-order valence-corrected chi connectivity index (χ3v) is 2.89. The predicted octanol–water partition coefficient (Wildman–Crippen LogP) is 0.976. The molecule has 116 valence electrons. The lowest BCUT2D eigenvalue weighted by Crippen LogP contribution is -2.54. The van der Waals surface area contributed by atoms with E-state index >= 15 is 0 Å². The van der Waals surface area contributed by atoms with Crippen molar-refractivity contribution in [2.75, 3.05) is 0 Å². The van der Waals surface area contributed by atoms with Crippen molar-refractivity contribution >= 4 is 11.8 Å². The molecule has 1 aromatic carbocycles. The Balaban J connectivity index is 2.50. The fourth-order valence-electron chi connectivity index (χ4n) is 1.82. The lowest BCUT2D eigenvalue weighted by Gasteiger charge is -2.24. The minimum Gasteiger partial charge on any atom is -0.350 e. The van der Waals surface area contributed by atoms with Gasteiger partial charge in [-0.25, -0.2) is 0 Å². The Hall–Kier alpha value is -1.88. The molecule has 21 heavy (non-hydrogen) atoms. The zero-order chi connectivity index (χ0) is 16.0. The molecule has 0 heterocycles. The molecule has 2 amide bonds. The van der Waals surface area contributed by atoms with Gasteiger partial charge in [-0.15, -0.1) is 0 Å². The summed E-state index contributed by atoms with van der Waals surface area (Å²) in [6.07, 6.45) is 0.445. The zero-order valence-electron chi connectivity index (χ0n) is 13.1. The summed E-state index contributed by atoms with van der Waals surface area (Å²) < 4.78 is 0. The van der Waals surface area contributed by atoms with Crippen molar-refractivity contribution < 1.29 is 9.59 Å². The average Bonchev–Trinajstić information content (AvgIpc) is 2.37. The standard InChI is InChI=1S/C16H25N3O2/c1-11(14(20)19-16(2,3)4)18-15(21)13(17)10-12-8-6-5-7-9-12/h5-9,11,13H,10,17H2,1-4H3,(H,18,21)(H,19,20)/t11?,13-/m1/s1. The SMILES string of the molecule is CC(NC(=O)[C@H](N)Cc1ccccc1)C(=O)NC(C)(C)C. The van der Waals surface area contributed by atoms with E-state index in [0.29, 0.717) is 6.42 Å². The molecule has 2 atom stereocenters. The maximum absolute atomic E-state index is 12.0. The lowest BCUT2D eigenvalue weighted by atomic mass is 10.1. The fraction of sp³-hybridized carbons (Fsp3) is 0.500. The van der Waals surface area contributed by atoms with Crippen LogP contribution in [0.15, 0.2) is 30.3 Å². The molecule has 0 aromatic heterocycles. The first-order valence-electron chi connectivity index (χ1n) is 7.11. The largest absolute Gasteiger partial charge is 0.350 e. The number of carbonyl (C=O) groups excluding carboxylic acids is 2. The van der Waals surface area contributed by atoms with Gasteiger partial charge in [-0.05, 0) is 39.7 Å². The van der Waals surface area contributed by atoms with Crippen LogP contribution in [0, 0.1) is 0 Å². The molecule has 0 bridgehead atoms. The van der Waals surface area contributed by atoms with Crippen LogP contribution in [0.2, 0.25) is 0 Å². The summed E-state index contributed by atoms with van der Waals surface area (Å²) in [7, 11) is 0. The van der Waals surface area contributed by atoms with Crippen molar-refractivity contribution in [2.45, 2.75) is 51.7 Å². The van der Waals surface area contributed by atoms with Gasteiger partial charge < -0.3 is 16.4 Å². The van der Waals surface area contributed by atoms with Crippen LogP contribution in [0.5, 0.6) is 0 Å². The van der Waals surface area contributed by atoms with Gasteiger partial charge >= 0.3 is 0 Å². The third kappa shape index (κ3) is 6.40. The van der Waals surface area contributed by atoms with Gasteiger partial charge in [0.1, 0.15) is 6.04 Å². The molecule has 0 spiro atoms. The number of carbonyl (C=O) groups is 2. The van der Waals surface area contributed by atoms with E-state index in [0.717, 1.165) is 5.56 Å². The smallest absolute Gasteiger partial charge is 0.242 e. The lowest BCUT2D eigenvalue weighted by molar-refractivity contribution is -0.130. The van der Waals surface area contributed by atoms with E-state index in [1.165, 1.54) is 0 Å². The molecule has 4 N–H and O–H groups in total. The van der Waals surface area contributed by atoms with Crippen molar-refractivity contribution in [3.63, 3.8) is 0 Å². The number of hydrogen-bond donors (Lipinski definition) is 3. The van der Waals surface area contributed by atoms with E-state index in [-0.39, 0.29) is 17.4 Å². The van der Waals surface area contributed by atoms with Crippen molar-refractivity contribution in [2.24, 2.45) is 5.73 Å². The Morgan fingerprint density at radius 2 is 1.71 bits per heavy atom. The van der Waals surface area contributed by atoms with Gasteiger partial charge in [0.15, 0.2) is 0 Å². The first-order chi connectivity index (χ1) is 9.69. The molecule has 0 aliphatic rings. The van der Waals surface area contributed by atoms with Crippen molar-refractivity contribution in [1.82, 2.24) is 10.6 Å². The summed E-state index contributed by atoms with van der Waals surface area (Å²) in [5.74, 6) is -0.543. The number of nitrogens with two attached hydrogens (primary N) is 1. The van der Waals surface area contributed by atoms with Gasteiger partial charge in [0.05, 0.1) is 6.04 Å². The second-order valence-electron chi connectivity index (χ2n) is 6.27. The molecule has 5 heteroatoms. The Morgan fingerprint density at radius 3 is 2.24 bits per heavy atom. The van der Waals surface area contributed by atoms with Crippen LogP contribution in [0.3, 0.4) is 0 Å². The number of rotatable bonds is 5. The molecular weight excluding hydrogens is 266 g/mol. The molecule has 0 saturated carbocycles. The molecule has 0 fully saturated rings. The molecule has 0 radical (unpaired) electrons. The highest BCUT2D eigenvalue weighted by Crippen LogP contribution is 2.03. The summed E-state index contributed by atoms with van der Waals surface area (Å²) in [6.45, 7) is 7.32. The van der Waals surface area contributed by atoms with Crippen molar-refractivity contribution in [3.8, 4) is 0 Å². The van der Waals surface area contributed by atoms with E-state index in [1.54, 1.807) is 6.92 Å². The highest BCUT2D eigenvalue weighted by Gasteiger charge is 2.23. The van der Waals surface area contributed by atoms with Crippen molar-refractivity contribution in [1.29, 1.82) is 0 Å². The van der Waals surface area contributed by atoms with Gasteiger partial charge in [-0.2, -0.15) is 0 Å². The van der Waals surface area contributed by atoms with E-state index in [9.17, 15) is 9.59 Å². The van der Waals surface area contributed by atoms with Gasteiger partial charge in [0.2, 0.25) is 11.8 Å². The van der Waals surface area contributed by atoms with E-state index in [1.807, 2.05) is 51.1 Å². The van der Waals surface area contributed by atoms with Crippen LogP contribution in [0.1, 0.15) is 33.3 Å². The number of amides is 2. The number of benzene rings is 1. The highest BCUT2D eigenvalue weighted by atomic mass is 16.2. The van der Waals surface area contributed by atoms with Crippen LogP contribution >= 0.6 is 0 Å². The summed E-state index contributed by atoms with van der Waals surface area (Å²) in [6, 6.07) is 8.27. The molecular formula is C16H25N3O2. The second kappa shape index (κ2) is 7.22. The maximum Gasteiger partial charge on any atom is 0.242 e. The van der Waals surface area contributed by atoms with Crippen LogP contribution in [-0.2, 0) is 16.0 Å².